The molecule has 30 heavy (non-hydrogen) atoms. The van der Waals surface area contributed by atoms with Crippen LogP contribution in [0.25, 0.3) is 0 Å². The predicted octanol–water partition coefficient (Wildman–Crippen LogP) is 3.39. The van der Waals surface area contributed by atoms with Gasteiger partial charge >= 0.3 is 0 Å². The Morgan fingerprint density at radius 2 is 1.67 bits per heavy atom. The van der Waals surface area contributed by atoms with E-state index in [4.69, 9.17) is 4.84 Å². The summed E-state index contributed by atoms with van der Waals surface area (Å²) in [6, 6.07) is 9.18. The van der Waals surface area contributed by atoms with Gasteiger partial charge in [0.25, 0.3) is 15.9 Å². The van der Waals surface area contributed by atoms with Gasteiger partial charge in [-0.05, 0) is 49.2 Å². The molecule has 162 valence electrons. The van der Waals surface area contributed by atoms with Crippen molar-refractivity contribution in [1.82, 2.24) is 9.79 Å². The number of sulfonamides is 1. The first-order valence-corrected chi connectivity index (χ1v) is 11.0. The van der Waals surface area contributed by atoms with E-state index < -0.39 is 33.0 Å². The Bertz CT molecular complexity index is 1000. The van der Waals surface area contributed by atoms with Crippen LogP contribution in [0.5, 0.6) is 0 Å². The van der Waals surface area contributed by atoms with E-state index in [9.17, 15) is 22.0 Å². The zero-order valence-electron chi connectivity index (χ0n) is 16.8. The summed E-state index contributed by atoms with van der Waals surface area (Å²) in [5, 5.41) is 2.77. The van der Waals surface area contributed by atoms with Crippen LogP contribution < -0.4 is 5.32 Å². The first kappa shape index (κ1) is 22.3. The number of hydrogen-bond acceptors (Lipinski definition) is 4. The van der Waals surface area contributed by atoms with Crippen LogP contribution in [-0.2, 0) is 20.3 Å². The van der Waals surface area contributed by atoms with Crippen molar-refractivity contribution in [2.45, 2.75) is 36.0 Å². The molecule has 0 aliphatic heterocycles. The number of carbonyl (C=O) groups excluding carboxylic acids is 1. The van der Waals surface area contributed by atoms with Crippen LogP contribution in [0.15, 0.2) is 47.4 Å². The Morgan fingerprint density at radius 3 is 2.20 bits per heavy atom. The summed E-state index contributed by atoms with van der Waals surface area (Å²) >= 11 is 0. The highest BCUT2D eigenvalue weighted by Crippen LogP contribution is 2.42. The fraction of sp³-hybridized carbons (Fsp3) is 0.381. The summed E-state index contributed by atoms with van der Waals surface area (Å²) < 4.78 is 54.0. The highest BCUT2D eigenvalue weighted by Gasteiger charge is 2.40. The first-order chi connectivity index (χ1) is 14.2. The summed E-state index contributed by atoms with van der Waals surface area (Å²) in [7, 11) is -1.32. The summed E-state index contributed by atoms with van der Waals surface area (Å²) in [5.74, 6) is -1.66. The number of nitrogens with one attached hydrogen (secondary N) is 1. The molecule has 0 heterocycles. The van der Waals surface area contributed by atoms with Crippen molar-refractivity contribution in [3.63, 3.8) is 0 Å². The van der Waals surface area contributed by atoms with E-state index >= 15 is 0 Å². The molecule has 2 aromatic rings. The molecule has 3 rings (SSSR count). The van der Waals surface area contributed by atoms with Gasteiger partial charge in [-0.3, -0.25) is 9.63 Å². The molecular weight excluding hydrogens is 414 g/mol. The van der Waals surface area contributed by atoms with Gasteiger partial charge in [0.05, 0.1) is 12.0 Å². The molecule has 0 radical (unpaired) electrons. The fourth-order valence-electron chi connectivity index (χ4n) is 3.95. The van der Waals surface area contributed by atoms with Crippen molar-refractivity contribution >= 4 is 15.9 Å². The summed E-state index contributed by atoms with van der Waals surface area (Å²) in [6.07, 6.45) is 2.80. The molecule has 0 saturated heterocycles. The number of hydroxylamine groups is 1. The molecule has 0 aromatic heterocycles. The molecule has 0 bridgehead atoms. The number of rotatable bonds is 7. The lowest BCUT2D eigenvalue weighted by molar-refractivity contribution is -0.0258. The first-order valence-electron chi connectivity index (χ1n) is 9.57. The lowest BCUT2D eigenvalue weighted by Crippen LogP contribution is -2.40. The third-order valence-electron chi connectivity index (χ3n) is 5.65. The Labute approximate surface area is 174 Å². The van der Waals surface area contributed by atoms with E-state index in [0.29, 0.717) is 12.8 Å². The van der Waals surface area contributed by atoms with E-state index in [2.05, 4.69) is 5.32 Å². The molecule has 9 heteroatoms. The zero-order valence-corrected chi connectivity index (χ0v) is 17.6. The molecular formula is C21H24F2N2O4S. The topological polar surface area (TPSA) is 75.7 Å². The lowest BCUT2D eigenvalue weighted by atomic mass is 9.78. The van der Waals surface area contributed by atoms with Crippen LogP contribution in [0, 0.1) is 11.6 Å². The number of hydrogen-bond donors (Lipinski definition) is 1. The smallest absolute Gasteiger partial charge is 0.264 e. The molecule has 1 saturated carbocycles. The van der Waals surface area contributed by atoms with Gasteiger partial charge in [0.1, 0.15) is 11.6 Å². The van der Waals surface area contributed by atoms with Gasteiger partial charge in [0, 0.05) is 30.1 Å². The monoisotopic (exact) mass is 438 g/mol. The van der Waals surface area contributed by atoms with Crippen molar-refractivity contribution in [1.29, 1.82) is 0 Å². The second-order valence-electron chi connectivity index (χ2n) is 7.39. The molecule has 2 aromatic carbocycles. The van der Waals surface area contributed by atoms with Crippen molar-refractivity contribution in [3.8, 4) is 0 Å². The van der Waals surface area contributed by atoms with Crippen LogP contribution >= 0.6 is 0 Å². The Balaban J connectivity index is 1.77. The van der Waals surface area contributed by atoms with Crippen LogP contribution in [0.4, 0.5) is 8.78 Å². The average molecular weight is 438 g/mol. The van der Waals surface area contributed by atoms with Crippen molar-refractivity contribution in [3.05, 3.63) is 65.2 Å². The quantitative estimate of drug-likeness (QED) is 0.673. The normalized spacial score (nSPS) is 16.0. The number of benzene rings is 2. The second kappa shape index (κ2) is 8.79. The largest absolute Gasteiger partial charge is 0.351 e. The maximum atomic E-state index is 14.4. The Morgan fingerprint density at radius 1 is 1.10 bits per heavy atom. The van der Waals surface area contributed by atoms with E-state index in [1.165, 1.54) is 56.6 Å². The van der Waals surface area contributed by atoms with Crippen LogP contribution in [-0.4, -0.2) is 39.5 Å². The summed E-state index contributed by atoms with van der Waals surface area (Å²) in [4.78, 5) is 17.3. The number of carbonyl (C=O) groups is 1. The molecule has 6 nitrogen and oxygen atoms in total. The van der Waals surface area contributed by atoms with E-state index in [-0.39, 0.29) is 22.6 Å². The highest BCUT2D eigenvalue weighted by molar-refractivity contribution is 7.89. The predicted molar refractivity (Wildman–Crippen MR) is 107 cm³/mol. The molecule has 1 aliphatic carbocycles. The average Bonchev–Trinajstić information content (AvgIpc) is 3.21. The highest BCUT2D eigenvalue weighted by atomic mass is 32.2. The minimum absolute atomic E-state index is 0.0202. The number of nitrogens with zero attached hydrogens (tertiary/aromatic N) is 1. The third kappa shape index (κ3) is 4.23. The minimum Gasteiger partial charge on any atom is -0.351 e. The van der Waals surface area contributed by atoms with Crippen LogP contribution in [0.3, 0.4) is 0 Å². The van der Waals surface area contributed by atoms with Gasteiger partial charge in [-0.1, -0.05) is 23.4 Å². The summed E-state index contributed by atoms with van der Waals surface area (Å²) in [6.45, 7) is 0.0934. The minimum atomic E-state index is -3.82. The molecule has 0 atom stereocenters. The van der Waals surface area contributed by atoms with Crippen molar-refractivity contribution in [2.24, 2.45) is 0 Å². The molecule has 1 amide bonds. The SMILES string of the molecule is CON(C)S(=O)(=O)c1ccc(C(=O)NCC2(c3c(F)cccc3F)CCCC2)cc1. The molecule has 1 N–H and O–H groups in total. The number of halogens is 2. The van der Waals surface area contributed by atoms with Crippen molar-refractivity contribution in [2.75, 3.05) is 20.7 Å². The van der Waals surface area contributed by atoms with Gasteiger partial charge in [0.15, 0.2) is 0 Å². The molecule has 0 spiro atoms. The van der Waals surface area contributed by atoms with E-state index in [0.717, 1.165) is 17.3 Å². The molecule has 1 fully saturated rings. The van der Waals surface area contributed by atoms with E-state index in [1.807, 2.05) is 0 Å². The van der Waals surface area contributed by atoms with Gasteiger partial charge < -0.3 is 5.32 Å². The van der Waals surface area contributed by atoms with Gasteiger partial charge in [0.2, 0.25) is 0 Å². The summed E-state index contributed by atoms with van der Waals surface area (Å²) in [5.41, 5.74) is -0.529. The van der Waals surface area contributed by atoms with Gasteiger partial charge in [-0.2, -0.15) is 0 Å². The molecule has 1 aliphatic rings. The Hall–Kier alpha value is -2.36. The molecule has 0 unspecified atom stereocenters. The lowest BCUT2D eigenvalue weighted by Gasteiger charge is -2.30. The number of amides is 1. The van der Waals surface area contributed by atoms with Crippen LogP contribution in [0.2, 0.25) is 0 Å². The third-order valence-corrected chi connectivity index (χ3v) is 7.34. The maximum Gasteiger partial charge on any atom is 0.264 e. The second-order valence-corrected chi connectivity index (χ2v) is 9.32. The fourth-order valence-corrected chi connectivity index (χ4v) is 4.92. The van der Waals surface area contributed by atoms with E-state index in [1.54, 1.807) is 0 Å². The van der Waals surface area contributed by atoms with Crippen LogP contribution in [0.1, 0.15) is 41.6 Å². The van der Waals surface area contributed by atoms with Crippen molar-refractivity contribution < 1.29 is 26.8 Å². The zero-order chi connectivity index (χ0) is 21.9. The standard InChI is InChI=1S/C21H24F2N2O4S/c1-25(29-2)30(27,28)16-10-8-15(9-11-16)20(26)24-14-21(12-3-4-13-21)19-17(22)6-5-7-18(19)23/h5-11H,3-4,12-14H2,1-2H3,(H,24,26). The van der Waals surface area contributed by atoms with Gasteiger partial charge in [-0.15, -0.1) is 0 Å². The maximum absolute atomic E-state index is 14.4. The Kier molecular flexibility index (Phi) is 6.54. The van der Waals surface area contributed by atoms with Gasteiger partial charge in [-0.25, -0.2) is 17.2 Å².